The Morgan fingerprint density at radius 1 is 1.42 bits per heavy atom. The van der Waals surface area contributed by atoms with Crippen molar-refractivity contribution < 1.29 is 14.5 Å². The van der Waals surface area contributed by atoms with Gasteiger partial charge in [0.25, 0.3) is 11.6 Å². The molecule has 2 fully saturated rings. The number of non-ortho nitro benzene ring substituents is 1. The van der Waals surface area contributed by atoms with Crippen molar-refractivity contribution in [1.29, 1.82) is 0 Å². The molecule has 1 N–H and O–H groups in total. The number of nitro groups is 1. The monoisotopic (exact) mass is 332 g/mol. The van der Waals surface area contributed by atoms with Crippen LogP contribution in [0.3, 0.4) is 0 Å². The maximum atomic E-state index is 12.3. The molecule has 2 saturated carbocycles. The zero-order valence-corrected chi connectivity index (χ0v) is 14.4. The third-order valence-electron chi connectivity index (χ3n) is 6.53. The zero-order valence-electron chi connectivity index (χ0n) is 14.4. The van der Waals surface area contributed by atoms with E-state index in [0.29, 0.717) is 11.7 Å². The Labute approximate surface area is 141 Å². The average molecular weight is 332 g/mol. The van der Waals surface area contributed by atoms with E-state index in [0.717, 1.165) is 12.8 Å². The van der Waals surface area contributed by atoms with E-state index in [9.17, 15) is 14.9 Å². The molecule has 2 aliphatic rings. The largest absolute Gasteiger partial charge is 0.484 e. The summed E-state index contributed by atoms with van der Waals surface area (Å²) in [6.07, 6.45) is 3.40. The lowest BCUT2D eigenvalue weighted by Crippen LogP contribution is -2.48. The summed E-state index contributed by atoms with van der Waals surface area (Å²) in [5.74, 6) is 0.820. The molecule has 0 aromatic heterocycles. The van der Waals surface area contributed by atoms with E-state index in [4.69, 9.17) is 4.74 Å². The molecule has 0 aliphatic heterocycles. The van der Waals surface area contributed by atoms with Gasteiger partial charge in [-0.25, -0.2) is 0 Å². The highest BCUT2D eigenvalue weighted by atomic mass is 16.6. The predicted molar refractivity (Wildman–Crippen MR) is 89.8 cm³/mol. The van der Waals surface area contributed by atoms with Gasteiger partial charge in [0.15, 0.2) is 6.61 Å². The number of hydrogen-bond donors (Lipinski definition) is 1. The number of nitrogens with zero attached hydrogens (tertiary/aromatic N) is 1. The zero-order chi connectivity index (χ0) is 17.5. The molecule has 1 aromatic carbocycles. The lowest BCUT2D eigenvalue weighted by molar-refractivity contribution is -0.384. The first kappa shape index (κ1) is 16.7. The van der Waals surface area contributed by atoms with E-state index in [-0.39, 0.29) is 35.1 Å². The van der Waals surface area contributed by atoms with Crippen LogP contribution in [0.5, 0.6) is 5.75 Å². The Morgan fingerprint density at radius 2 is 2.17 bits per heavy atom. The summed E-state index contributed by atoms with van der Waals surface area (Å²) in [6, 6.07) is 6.06. The molecule has 0 spiro atoms. The molecule has 2 aliphatic carbocycles. The van der Waals surface area contributed by atoms with Crippen molar-refractivity contribution in [2.24, 2.45) is 16.7 Å². The highest BCUT2D eigenvalue weighted by Gasteiger charge is 2.61. The quantitative estimate of drug-likeness (QED) is 0.662. The smallest absolute Gasteiger partial charge is 0.273 e. The molecule has 0 saturated heterocycles. The number of amides is 1. The second-order valence-corrected chi connectivity index (χ2v) is 7.77. The van der Waals surface area contributed by atoms with Crippen molar-refractivity contribution in [3.05, 3.63) is 34.4 Å². The van der Waals surface area contributed by atoms with Gasteiger partial charge < -0.3 is 10.1 Å². The van der Waals surface area contributed by atoms with E-state index in [1.165, 1.54) is 18.6 Å². The number of carbonyl (C=O) groups is 1. The van der Waals surface area contributed by atoms with Gasteiger partial charge >= 0.3 is 0 Å². The normalized spacial score (nSPS) is 30.1. The van der Waals surface area contributed by atoms with Crippen LogP contribution in [-0.4, -0.2) is 23.5 Å². The molecular weight excluding hydrogens is 308 g/mol. The Bertz CT molecular complexity index is 673. The maximum absolute atomic E-state index is 12.3. The van der Waals surface area contributed by atoms with Gasteiger partial charge in [0.1, 0.15) is 5.75 Å². The van der Waals surface area contributed by atoms with Crippen LogP contribution in [0.15, 0.2) is 24.3 Å². The second kappa shape index (κ2) is 5.76. The molecule has 3 unspecified atom stereocenters. The van der Waals surface area contributed by atoms with Crippen LogP contribution >= 0.6 is 0 Å². The molecule has 6 heteroatoms. The maximum Gasteiger partial charge on any atom is 0.273 e. The van der Waals surface area contributed by atoms with Gasteiger partial charge in [-0.1, -0.05) is 26.8 Å². The number of benzene rings is 1. The SMILES string of the molecule is CC1(C)C2CCC1(C)C(NC(=O)COc1cccc([N+](=O)[O-])c1)C2. The second-order valence-electron chi connectivity index (χ2n) is 7.77. The van der Waals surface area contributed by atoms with Crippen molar-refractivity contribution in [3.8, 4) is 5.75 Å². The third kappa shape index (κ3) is 2.64. The van der Waals surface area contributed by atoms with E-state index in [1.54, 1.807) is 12.1 Å². The first-order chi connectivity index (χ1) is 11.2. The van der Waals surface area contributed by atoms with Crippen molar-refractivity contribution in [2.45, 2.75) is 46.1 Å². The van der Waals surface area contributed by atoms with Crippen LogP contribution in [0, 0.1) is 26.9 Å². The van der Waals surface area contributed by atoms with Crippen LogP contribution in [0.2, 0.25) is 0 Å². The lowest BCUT2D eigenvalue weighted by atomic mass is 9.69. The van der Waals surface area contributed by atoms with E-state index < -0.39 is 4.92 Å². The highest BCUT2D eigenvalue weighted by molar-refractivity contribution is 5.78. The molecule has 2 bridgehead atoms. The summed E-state index contributed by atoms with van der Waals surface area (Å²) >= 11 is 0. The standard InChI is InChI=1S/C18H24N2O4/c1-17(2)12-7-8-18(17,3)15(9-12)19-16(21)11-24-14-6-4-5-13(10-14)20(22)23/h4-6,10,12,15H,7-9,11H2,1-3H3,(H,19,21). The van der Waals surface area contributed by atoms with Crippen LogP contribution < -0.4 is 10.1 Å². The van der Waals surface area contributed by atoms with Gasteiger partial charge in [-0.15, -0.1) is 0 Å². The Balaban J connectivity index is 1.58. The predicted octanol–water partition coefficient (Wildman–Crippen LogP) is 3.30. The molecular formula is C18H24N2O4. The third-order valence-corrected chi connectivity index (χ3v) is 6.53. The fraction of sp³-hybridized carbons (Fsp3) is 0.611. The Kier molecular flexibility index (Phi) is 4.01. The van der Waals surface area contributed by atoms with Gasteiger partial charge in [0.2, 0.25) is 0 Å². The molecule has 0 heterocycles. The number of hydrogen-bond acceptors (Lipinski definition) is 4. The molecule has 1 aromatic rings. The fourth-order valence-corrected chi connectivity index (χ4v) is 4.49. The van der Waals surface area contributed by atoms with Crippen molar-refractivity contribution in [3.63, 3.8) is 0 Å². The molecule has 1 amide bonds. The van der Waals surface area contributed by atoms with Crippen molar-refractivity contribution in [2.75, 3.05) is 6.61 Å². The first-order valence-electron chi connectivity index (χ1n) is 8.40. The molecule has 24 heavy (non-hydrogen) atoms. The van der Waals surface area contributed by atoms with Crippen LogP contribution in [0.25, 0.3) is 0 Å². The summed E-state index contributed by atoms with van der Waals surface area (Å²) in [7, 11) is 0. The summed E-state index contributed by atoms with van der Waals surface area (Å²) in [5.41, 5.74) is 0.320. The number of fused-ring (bicyclic) bond motifs is 2. The summed E-state index contributed by atoms with van der Waals surface area (Å²) in [4.78, 5) is 22.5. The van der Waals surface area contributed by atoms with Gasteiger partial charge in [-0.2, -0.15) is 0 Å². The van der Waals surface area contributed by atoms with Crippen molar-refractivity contribution >= 4 is 11.6 Å². The van der Waals surface area contributed by atoms with E-state index in [2.05, 4.69) is 26.1 Å². The minimum Gasteiger partial charge on any atom is -0.484 e. The molecule has 3 rings (SSSR count). The molecule has 130 valence electrons. The summed E-state index contributed by atoms with van der Waals surface area (Å²) < 4.78 is 5.42. The number of ether oxygens (including phenoxy) is 1. The topological polar surface area (TPSA) is 81.5 Å². The number of nitrogens with one attached hydrogen (secondary N) is 1. The Morgan fingerprint density at radius 3 is 2.75 bits per heavy atom. The lowest BCUT2D eigenvalue weighted by Gasteiger charge is -2.39. The summed E-state index contributed by atoms with van der Waals surface area (Å²) in [6.45, 7) is 6.75. The van der Waals surface area contributed by atoms with Gasteiger partial charge in [0.05, 0.1) is 11.0 Å². The molecule has 6 nitrogen and oxygen atoms in total. The fourth-order valence-electron chi connectivity index (χ4n) is 4.49. The minimum absolute atomic E-state index is 0.0460. The van der Waals surface area contributed by atoms with E-state index >= 15 is 0 Å². The molecule has 0 radical (unpaired) electrons. The van der Waals surface area contributed by atoms with Crippen molar-refractivity contribution in [1.82, 2.24) is 5.32 Å². The minimum atomic E-state index is -0.481. The van der Waals surface area contributed by atoms with Crippen LogP contribution in [0.4, 0.5) is 5.69 Å². The van der Waals surface area contributed by atoms with Gasteiger partial charge in [0, 0.05) is 12.1 Å². The average Bonchev–Trinajstić information content (AvgIpc) is 2.86. The number of nitro benzene ring substituents is 1. The molecule has 3 atom stereocenters. The summed E-state index contributed by atoms with van der Waals surface area (Å²) in [5, 5.41) is 13.9. The Hall–Kier alpha value is -2.11. The van der Waals surface area contributed by atoms with Crippen LogP contribution in [0.1, 0.15) is 40.0 Å². The number of carbonyl (C=O) groups excluding carboxylic acids is 1. The van der Waals surface area contributed by atoms with Gasteiger partial charge in [-0.3, -0.25) is 14.9 Å². The van der Waals surface area contributed by atoms with Crippen LogP contribution in [-0.2, 0) is 4.79 Å². The number of rotatable bonds is 5. The van der Waals surface area contributed by atoms with Gasteiger partial charge in [-0.05, 0) is 42.1 Å². The first-order valence-corrected chi connectivity index (χ1v) is 8.40. The van der Waals surface area contributed by atoms with E-state index in [1.807, 2.05) is 0 Å². The highest BCUT2D eigenvalue weighted by Crippen LogP contribution is 2.65.